The Hall–Kier alpha value is -1.90. The minimum atomic E-state index is -0.198. The number of aromatic nitrogens is 1. The third kappa shape index (κ3) is 3.31. The molecule has 1 unspecified atom stereocenters. The molecule has 0 radical (unpaired) electrons. The van der Waals surface area contributed by atoms with Gasteiger partial charge in [0.1, 0.15) is 5.82 Å². The van der Waals surface area contributed by atoms with E-state index in [9.17, 15) is 4.39 Å². The summed E-state index contributed by atoms with van der Waals surface area (Å²) in [6.45, 7) is 6.04. The molecule has 0 aliphatic heterocycles. The predicted octanol–water partition coefficient (Wildman–Crippen LogP) is 4.40. The summed E-state index contributed by atoms with van der Waals surface area (Å²) in [6, 6.07) is 10.8. The molecule has 1 atom stereocenters. The van der Waals surface area contributed by atoms with Gasteiger partial charge in [-0.15, -0.1) is 0 Å². The number of hydrogen-bond acceptors (Lipinski definition) is 2. The Morgan fingerprint density at radius 1 is 1.21 bits per heavy atom. The zero-order valence-corrected chi connectivity index (χ0v) is 11.6. The van der Waals surface area contributed by atoms with Gasteiger partial charge in [-0.3, -0.25) is 4.98 Å². The fourth-order valence-electron chi connectivity index (χ4n) is 2.17. The molecule has 0 saturated heterocycles. The first kappa shape index (κ1) is 13.5. The van der Waals surface area contributed by atoms with Crippen molar-refractivity contribution < 1.29 is 4.39 Å². The van der Waals surface area contributed by atoms with E-state index in [4.69, 9.17) is 0 Å². The van der Waals surface area contributed by atoms with Crippen molar-refractivity contribution in [3.63, 3.8) is 0 Å². The van der Waals surface area contributed by atoms with Gasteiger partial charge in [0.25, 0.3) is 0 Å². The molecule has 2 rings (SSSR count). The number of aryl methyl sites for hydroxylation is 2. The quantitative estimate of drug-likeness (QED) is 0.879. The molecule has 1 aromatic heterocycles. The minimum absolute atomic E-state index is 0.0962. The lowest BCUT2D eigenvalue weighted by Crippen LogP contribution is -2.11. The Bertz CT molecular complexity index is 566. The van der Waals surface area contributed by atoms with Crippen LogP contribution in [0.25, 0.3) is 0 Å². The summed E-state index contributed by atoms with van der Waals surface area (Å²) in [5.74, 6) is -0.198. The van der Waals surface area contributed by atoms with Gasteiger partial charge in [-0.1, -0.05) is 19.1 Å². The van der Waals surface area contributed by atoms with Crippen LogP contribution in [-0.2, 0) is 0 Å². The second-order valence-corrected chi connectivity index (χ2v) is 4.75. The maximum absolute atomic E-state index is 13.3. The molecular formula is C16H19FN2. The van der Waals surface area contributed by atoms with Crippen LogP contribution in [0.15, 0.2) is 36.4 Å². The largest absolute Gasteiger partial charge is 0.377 e. The highest BCUT2D eigenvalue weighted by atomic mass is 19.1. The summed E-state index contributed by atoms with van der Waals surface area (Å²) in [4.78, 5) is 4.44. The Balaban J connectivity index is 2.24. The van der Waals surface area contributed by atoms with Crippen LogP contribution in [0.3, 0.4) is 0 Å². The predicted molar refractivity (Wildman–Crippen MR) is 76.8 cm³/mol. The van der Waals surface area contributed by atoms with Crippen LogP contribution in [0.5, 0.6) is 0 Å². The molecule has 19 heavy (non-hydrogen) atoms. The van der Waals surface area contributed by atoms with Crippen LogP contribution >= 0.6 is 0 Å². The van der Waals surface area contributed by atoms with E-state index in [-0.39, 0.29) is 11.9 Å². The zero-order valence-electron chi connectivity index (χ0n) is 11.6. The number of pyridine rings is 1. The van der Waals surface area contributed by atoms with Crippen LogP contribution in [-0.4, -0.2) is 4.98 Å². The number of halogens is 1. The number of nitrogens with zero attached hydrogens (tertiary/aromatic N) is 1. The van der Waals surface area contributed by atoms with E-state index in [1.807, 2.05) is 32.0 Å². The van der Waals surface area contributed by atoms with E-state index >= 15 is 0 Å². The molecule has 1 aromatic carbocycles. The molecule has 0 spiro atoms. The maximum atomic E-state index is 13.3. The van der Waals surface area contributed by atoms with Crippen molar-refractivity contribution in [3.05, 3.63) is 59.2 Å². The van der Waals surface area contributed by atoms with Crippen molar-refractivity contribution in [1.82, 2.24) is 4.98 Å². The molecule has 0 amide bonds. The first-order valence-electron chi connectivity index (χ1n) is 6.56. The van der Waals surface area contributed by atoms with Crippen LogP contribution in [0.2, 0.25) is 0 Å². The van der Waals surface area contributed by atoms with Gasteiger partial charge in [0, 0.05) is 5.69 Å². The van der Waals surface area contributed by atoms with Gasteiger partial charge in [0.2, 0.25) is 0 Å². The number of anilines is 1. The first-order chi connectivity index (χ1) is 9.10. The SMILES string of the molecule is CCC(Nc1ccc(C)nc1C)c1cccc(F)c1. The molecular weight excluding hydrogens is 239 g/mol. The summed E-state index contributed by atoms with van der Waals surface area (Å²) in [5.41, 5.74) is 3.93. The highest BCUT2D eigenvalue weighted by Gasteiger charge is 2.11. The fourth-order valence-corrected chi connectivity index (χ4v) is 2.17. The summed E-state index contributed by atoms with van der Waals surface area (Å²) < 4.78 is 13.3. The average molecular weight is 258 g/mol. The molecule has 0 fully saturated rings. The fraction of sp³-hybridized carbons (Fsp3) is 0.312. The van der Waals surface area contributed by atoms with Crippen molar-refractivity contribution in [3.8, 4) is 0 Å². The van der Waals surface area contributed by atoms with E-state index < -0.39 is 0 Å². The minimum Gasteiger partial charge on any atom is -0.377 e. The Morgan fingerprint density at radius 2 is 2.00 bits per heavy atom. The standard InChI is InChI=1S/C16H19FN2/c1-4-15(13-6-5-7-14(17)10-13)19-16-9-8-11(2)18-12(16)3/h5-10,15,19H,4H2,1-3H3. The van der Waals surface area contributed by atoms with E-state index in [0.29, 0.717) is 0 Å². The second kappa shape index (κ2) is 5.83. The number of nitrogens with one attached hydrogen (secondary N) is 1. The summed E-state index contributed by atoms with van der Waals surface area (Å²) >= 11 is 0. The monoisotopic (exact) mass is 258 g/mol. The number of hydrogen-bond donors (Lipinski definition) is 1. The molecule has 2 nitrogen and oxygen atoms in total. The number of benzene rings is 1. The van der Waals surface area contributed by atoms with Crippen LogP contribution in [0.1, 0.15) is 36.3 Å². The van der Waals surface area contributed by atoms with Crippen molar-refractivity contribution in [2.75, 3.05) is 5.32 Å². The molecule has 2 aromatic rings. The Kier molecular flexibility index (Phi) is 4.15. The third-order valence-corrected chi connectivity index (χ3v) is 3.21. The number of rotatable bonds is 4. The molecule has 1 N–H and O–H groups in total. The summed E-state index contributed by atoms with van der Waals surface area (Å²) in [6.07, 6.45) is 0.886. The van der Waals surface area contributed by atoms with Crippen molar-refractivity contribution in [1.29, 1.82) is 0 Å². The molecule has 0 aliphatic rings. The third-order valence-electron chi connectivity index (χ3n) is 3.21. The maximum Gasteiger partial charge on any atom is 0.123 e. The highest BCUT2D eigenvalue weighted by molar-refractivity contribution is 5.49. The normalized spacial score (nSPS) is 12.2. The van der Waals surface area contributed by atoms with Gasteiger partial charge in [0.05, 0.1) is 17.4 Å². The van der Waals surface area contributed by atoms with E-state index in [1.165, 1.54) is 6.07 Å². The van der Waals surface area contributed by atoms with Crippen LogP contribution in [0.4, 0.5) is 10.1 Å². The van der Waals surface area contributed by atoms with E-state index in [1.54, 1.807) is 12.1 Å². The topological polar surface area (TPSA) is 24.9 Å². The van der Waals surface area contributed by atoms with Gasteiger partial charge in [-0.25, -0.2) is 4.39 Å². The van der Waals surface area contributed by atoms with Gasteiger partial charge >= 0.3 is 0 Å². The van der Waals surface area contributed by atoms with Gasteiger partial charge < -0.3 is 5.32 Å². The first-order valence-corrected chi connectivity index (χ1v) is 6.56. The van der Waals surface area contributed by atoms with Gasteiger partial charge in [0.15, 0.2) is 0 Å². The second-order valence-electron chi connectivity index (χ2n) is 4.75. The lowest BCUT2D eigenvalue weighted by atomic mass is 10.0. The molecule has 1 heterocycles. The smallest absolute Gasteiger partial charge is 0.123 e. The molecule has 0 aliphatic carbocycles. The molecule has 3 heteroatoms. The molecule has 0 saturated carbocycles. The van der Waals surface area contributed by atoms with Gasteiger partial charge in [-0.05, 0) is 50.1 Å². The summed E-state index contributed by atoms with van der Waals surface area (Å²) in [5, 5.41) is 3.44. The summed E-state index contributed by atoms with van der Waals surface area (Å²) in [7, 11) is 0. The van der Waals surface area contributed by atoms with Crippen molar-refractivity contribution in [2.24, 2.45) is 0 Å². The van der Waals surface area contributed by atoms with Crippen LogP contribution < -0.4 is 5.32 Å². The lowest BCUT2D eigenvalue weighted by molar-refractivity contribution is 0.620. The Morgan fingerprint density at radius 3 is 2.63 bits per heavy atom. The zero-order chi connectivity index (χ0) is 13.8. The van der Waals surface area contributed by atoms with Crippen LogP contribution in [0, 0.1) is 19.7 Å². The van der Waals surface area contributed by atoms with E-state index in [2.05, 4.69) is 17.2 Å². The highest BCUT2D eigenvalue weighted by Crippen LogP contribution is 2.24. The van der Waals surface area contributed by atoms with E-state index in [0.717, 1.165) is 29.1 Å². The molecule has 0 bridgehead atoms. The molecule has 100 valence electrons. The lowest BCUT2D eigenvalue weighted by Gasteiger charge is -2.20. The Labute approximate surface area is 113 Å². The average Bonchev–Trinajstić information content (AvgIpc) is 2.38. The van der Waals surface area contributed by atoms with Gasteiger partial charge in [-0.2, -0.15) is 0 Å². The van der Waals surface area contributed by atoms with Crippen molar-refractivity contribution >= 4 is 5.69 Å². The van der Waals surface area contributed by atoms with Crippen molar-refractivity contribution in [2.45, 2.75) is 33.2 Å².